The van der Waals surface area contributed by atoms with Crippen molar-refractivity contribution in [1.82, 2.24) is 5.32 Å². The summed E-state index contributed by atoms with van der Waals surface area (Å²) in [7, 11) is 0. The van der Waals surface area contributed by atoms with E-state index in [4.69, 9.17) is 5.73 Å². The standard InChI is InChI=1S/C11H19F3N2O2/c1-7(18-6-11(12,13)14)5-10(2,9(15)17)16-8-3-4-8/h7-8,16H,3-6H2,1-2H3,(H2,15,17). The minimum Gasteiger partial charge on any atom is -0.369 e. The molecule has 18 heavy (non-hydrogen) atoms. The Labute approximate surface area is 104 Å². The summed E-state index contributed by atoms with van der Waals surface area (Å²) in [5.41, 5.74) is 4.28. The second-order valence-electron chi connectivity index (χ2n) is 5.06. The molecule has 1 rings (SSSR count). The molecule has 0 heterocycles. The average Bonchev–Trinajstić information content (AvgIpc) is 2.97. The molecule has 0 aliphatic heterocycles. The molecule has 0 radical (unpaired) electrons. The number of amides is 1. The summed E-state index contributed by atoms with van der Waals surface area (Å²) in [6, 6.07) is 0.234. The van der Waals surface area contributed by atoms with E-state index in [9.17, 15) is 18.0 Å². The summed E-state index contributed by atoms with van der Waals surface area (Å²) in [4.78, 5) is 11.4. The van der Waals surface area contributed by atoms with Gasteiger partial charge in [0.1, 0.15) is 6.61 Å². The Morgan fingerprint density at radius 1 is 1.50 bits per heavy atom. The fraction of sp³-hybridized carbons (Fsp3) is 0.909. The summed E-state index contributed by atoms with van der Waals surface area (Å²) in [5.74, 6) is -0.572. The Balaban J connectivity index is 2.46. The number of carbonyl (C=O) groups is 1. The van der Waals surface area contributed by atoms with Crippen LogP contribution in [-0.2, 0) is 9.53 Å². The van der Waals surface area contributed by atoms with Crippen LogP contribution in [0.15, 0.2) is 0 Å². The number of nitrogens with two attached hydrogens (primary N) is 1. The highest BCUT2D eigenvalue weighted by atomic mass is 19.4. The van der Waals surface area contributed by atoms with Crippen molar-refractivity contribution in [1.29, 1.82) is 0 Å². The number of primary amides is 1. The molecule has 1 fully saturated rings. The molecule has 0 saturated heterocycles. The van der Waals surface area contributed by atoms with E-state index in [1.54, 1.807) is 6.92 Å². The number of rotatable bonds is 7. The lowest BCUT2D eigenvalue weighted by Crippen LogP contribution is -2.55. The van der Waals surface area contributed by atoms with Crippen LogP contribution < -0.4 is 11.1 Å². The summed E-state index contributed by atoms with van der Waals surface area (Å²) >= 11 is 0. The molecule has 1 aliphatic rings. The Bertz CT molecular complexity index is 305. The van der Waals surface area contributed by atoms with Gasteiger partial charge in [0.2, 0.25) is 5.91 Å². The molecule has 0 bridgehead atoms. The molecule has 1 aliphatic carbocycles. The molecule has 0 spiro atoms. The molecule has 1 amide bonds. The highest BCUT2D eigenvalue weighted by molar-refractivity contribution is 5.84. The Hall–Kier alpha value is -0.820. The van der Waals surface area contributed by atoms with Gasteiger partial charge in [-0.3, -0.25) is 4.79 Å². The van der Waals surface area contributed by atoms with Gasteiger partial charge in [0.25, 0.3) is 0 Å². The largest absolute Gasteiger partial charge is 0.411 e. The van der Waals surface area contributed by atoms with Gasteiger partial charge >= 0.3 is 6.18 Å². The van der Waals surface area contributed by atoms with E-state index in [-0.39, 0.29) is 12.5 Å². The van der Waals surface area contributed by atoms with Crippen molar-refractivity contribution in [3.05, 3.63) is 0 Å². The summed E-state index contributed by atoms with van der Waals surface area (Å²) in [5, 5.41) is 3.06. The fourth-order valence-electron chi connectivity index (χ4n) is 1.78. The molecule has 2 unspecified atom stereocenters. The van der Waals surface area contributed by atoms with Crippen LogP contribution in [0.5, 0.6) is 0 Å². The van der Waals surface area contributed by atoms with Gasteiger partial charge in [-0.2, -0.15) is 13.2 Å². The van der Waals surface area contributed by atoms with E-state index in [1.165, 1.54) is 6.92 Å². The van der Waals surface area contributed by atoms with E-state index >= 15 is 0 Å². The number of alkyl halides is 3. The van der Waals surface area contributed by atoms with Crippen LogP contribution in [0, 0.1) is 0 Å². The van der Waals surface area contributed by atoms with Crippen LogP contribution >= 0.6 is 0 Å². The van der Waals surface area contributed by atoms with E-state index in [2.05, 4.69) is 10.1 Å². The highest BCUT2D eigenvalue weighted by Crippen LogP contribution is 2.26. The van der Waals surface area contributed by atoms with E-state index in [1.807, 2.05) is 0 Å². The molecule has 0 aromatic heterocycles. The maximum absolute atomic E-state index is 12.0. The summed E-state index contributed by atoms with van der Waals surface area (Å²) < 4.78 is 40.7. The Morgan fingerprint density at radius 3 is 2.44 bits per heavy atom. The average molecular weight is 268 g/mol. The molecular formula is C11H19F3N2O2. The van der Waals surface area contributed by atoms with Crippen molar-refractivity contribution in [3.8, 4) is 0 Å². The van der Waals surface area contributed by atoms with Gasteiger partial charge in [-0.15, -0.1) is 0 Å². The van der Waals surface area contributed by atoms with E-state index < -0.39 is 30.3 Å². The Kier molecular flexibility index (Phi) is 4.61. The third-order valence-corrected chi connectivity index (χ3v) is 2.87. The van der Waals surface area contributed by atoms with Crippen LogP contribution in [-0.4, -0.2) is 36.4 Å². The van der Waals surface area contributed by atoms with Gasteiger partial charge < -0.3 is 15.8 Å². The second-order valence-corrected chi connectivity index (χ2v) is 5.06. The van der Waals surface area contributed by atoms with Crippen molar-refractivity contribution < 1.29 is 22.7 Å². The van der Waals surface area contributed by atoms with Gasteiger partial charge in [0.05, 0.1) is 11.6 Å². The van der Waals surface area contributed by atoms with Gasteiger partial charge in [-0.1, -0.05) is 0 Å². The third kappa shape index (κ3) is 5.22. The zero-order valence-electron chi connectivity index (χ0n) is 10.5. The van der Waals surface area contributed by atoms with Crippen LogP contribution in [0.2, 0.25) is 0 Å². The molecule has 2 atom stereocenters. The van der Waals surface area contributed by atoms with Crippen molar-refractivity contribution >= 4 is 5.91 Å². The topological polar surface area (TPSA) is 64.3 Å². The number of ether oxygens (including phenoxy) is 1. The summed E-state index contributed by atoms with van der Waals surface area (Å²) in [6.45, 7) is 1.79. The van der Waals surface area contributed by atoms with E-state index in [0.717, 1.165) is 12.8 Å². The predicted molar refractivity (Wildman–Crippen MR) is 59.8 cm³/mol. The van der Waals surface area contributed by atoms with Crippen molar-refractivity contribution in [3.63, 3.8) is 0 Å². The number of halogens is 3. The molecule has 0 aromatic carbocycles. The van der Waals surface area contributed by atoms with Gasteiger partial charge in [-0.05, 0) is 26.7 Å². The molecule has 1 saturated carbocycles. The fourth-order valence-corrected chi connectivity index (χ4v) is 1.78. The number of nitrogens with one attached hydrogen (secondary N) is 1. The second kappa shape index (κ2) is 5.44. The summed E-state index contributed by atoms with van der Waals surface area (Å²) in [6.07, 6.45) is -3.02. The molecule has 106 valence electrons. The number of carbonyl (C=O) groups excluding carboxylic acids is 1. The van der Waals surface area contributed by atoms with Crippen LogP contribution in [0.1, 0.15) is 33.1 Å². The Morgan fingerprint density at radius 2 is 2.06 bits per heavy atom. The molecule has 7 heteroatoms. The highest BCUT2D eigenvalue weighted by Gasteiger charge is 2.39. The lowest BCUT2D eigenvalue weighted by atomic mass is 9.93. The smallest absolute Gasteiger partial charge is 0.369 e. The predicted octanol–water partition coefficient (Wildman–Crippen LogP) is 1.34. The first-order valence-corrected chi connectivity index (χ1v) is 5.88. The van der Waals surface area contributed by atoms with Crippen molar-refractivity contribution in [2.75, 3.05) is 6.61 Å². The zero-order valence-corrected chi connectivity index (χ0v) is 10.5. The van der Waals surface area contributed by atoms with Crippen molar-refractivity contribution in [2.45, 2.75) is 57.0 Å². The van der Waals surface area contributed by atoms with Crippen molar-refractivity contribution in [2.24, 2.45) is 5.73 Å². The monoisotopic (exact) mass is 268 g/mol. The minimum atomic E-state index is -4.36. The number of hydrogen-bond donors (Lipinski definition) is 2. The molecular weight excluding hydrogens is 249 g/mol. The van der Waals surface area contributed by atoms with Gasteiger partial charge in [-0.25, -0.2) is 0 Å². The molecule has 0 aromatic rings. The van der Waals surface area contributed by atoms with E-state index in [0.29, 0.717) is 0 Å². The first-order chi connectivity index (χ1) is 8.12. The third-order valence-electron chi connectivity index (χ3n) is 2.87. The normalized spacial score (nSPS) is 21.4. The molecule has 3 N–H and O–H groups in total. The van der Waals surface area contributed by atoms with Gasteiger partial charge in [0, 0.05) is 12.5 Å². The first-order valence-electron chi connectivity index (χ1n) is 5.88. The van der Waals surface area contributed by atoms with Crippen LogP contribution in [0.3, 0.4) is 0 Å². The first kappa shape index (κ1) is 15.2. The lowest BCUT2D eigenvalue weighted by molar-refractivity contribution is -0.185. The zero-order chi connectivity index (χ0) is 14.0. The SMILES string of the molecule is CC(CC(C)(NC1CC1)C(N)=O)OCC(F)(F)F. The maximum Gasteiger partial charge on any atom is 0.411 e. The maximum atomic E-state index is 12.0. The van der Waals surface area contributed by atoms with Crippen LogP contribution in [0.25, 0.3) is 0 Å². The van der Waals surface area contributed by atoms with Crippen LogP contribution in [0.4, 0.5) is 13.2 Å². The minimum absolute atomic E-state index is 0.120. The lowest BCUT2D eigenvalue weighted by Gasteiger charge is -2.30. The number of hydrogen-bond acceptors (Lipinski definition) is 3. The molecule has 4 nitrogen and oxygen atoms in total. The quantitative estimate of drug-likeness (QED) is 0.732. The van der Waals surface area contributed by atoms with Gasteiger partial charge in [0.15, 0.2) is 0 Å².